The summed E-state index contributed by atoms with van der Waals surface area (Å²) >= 11 is 0. The van der Waals surface area contributed by atoms with Crippen molar-refractivity contribution in [3.8, 4) is 0 Å². The van der Waals surface area contributed by atoms with Gasteiger partial charge in [-0.1, -0.05) is 51.5 Å². The Kier molecular flexibility index (Phi) is 5.66. The van der Waals surface area contributed by atoms with Gasteiger partial charge >= 0.3 is 5.97 Å². The predicted octanol–water partition coefficient (Wildman–Crippen LogP) is 5.21. The molecule has 122 valence electrons. The highest BCUT2D eigenvalue weighted by Gasteiger charge is 2.24. The summed E-state index contributed by atoms with van der Waals surface area (Å²) < 4.78 is 5.19. The zero-order chi connectivity index (χ0) is 16.2. The van der Waals surface area contributed by atoms with E-state index in [2.05, 4.69) is 45.0 Å². The van der Waals surface area contributed by atoms with E-state index in [1.807, 2.05) is 0 Å². The molecule has 0 atom stereocenters. The van der Waals surface area contributed by atoms with E-state index in [0.717, 1.165) is 11.8 Å². The minimum atomic E-state index is -0.211. The third kappa shape index (κ3) is 4.34. The molecule has 1 aromatic rings. The van der Waals surface area contributed by atoms with E-state index < -0.39 is 0 Å². The molecule has 0 N–H and O–H groups in total. The second kappa shape index (κ2) is 7.30. The number of ether oxygens (including phenoxy) is 1. The van der Waals surface area contributed by atoms with Crippen molar-refractivity contribution in [2.45, 2.75) is 71.1 Å². The Morgan fingerprint density at radius 1 is 1.14 bits per heavy atom. The Morgan fingerprint density at radius 2 is 1.73 bits per heavy atom. The van der Waals surface area contributed by atoms with Crippen LogP contribution in [0.4, 0.5) is 0 Å². The summed E-state index contributed by atoms with van der Waals surface area (Å²) in [5, 5.41) is 0. The van der Waals surface area contributed by atoms with Crippen LogP contribution in [0.1, 0.15) is 76.8 Å². The molecule has 1 aliphatic carbocycles. The molecule has 0 radical (unpaired) electrons. The lowest BCUT2D eigenvalue weighted by atomic mass is 9.77. The van der Waals surface area contributed by atoms with Gasteiger partial charge < -0.3 is 4.74 Å². The van der Waals surface area contributed by atoms with Crippen molar-refractivity contribution in [1.29, 1.82) is 0 Å². The standard InChI is InChI=1S/C20H30O2/c1-5-16-6-8-17(9-7-16)18-10-12-19(13-11-18)20(3,4)14-22-15(2)21/h10-13,16-17H,5-9,14H2,1-4H3. The lowest BCUT2D eigenvalue weighted by molar-refractivity contribution is -0.142. The van der Waals surface area contributed by atoms with Gasteiger partial charge in [-0.05, 0) is 48.6 Å². The van der Waals surface area contributed by atoms with Crippen molar-refractivity contribution in [1.82, 2.24) is 0 Å². The molecule has 1 saturated carbocycles. The lowest BCUT2D eigenvalue weighted by Gasteiger charge is -2.29. The maximum absolute atomic E-state index is 11.0. The van der Waals surface area contributed by atoms with Gasteiger partial charge in [0.2, 0.25) is 0 Å². The number of esters is 1. The van der Waals surface area contributed by atoms with Crippen LogP contribution in [-0.4, -0.2) is 12.6 Å². The maximum Gasteiger partial charge on any atom is 0.302 e. The third-order valence-corrected chi connectivity index (χ3v) is 5.22. The Bertz CT molecular complexity index is 479. The van der Waals surface area contributed by atoms with Gasteiger partial charge in [0.25, 0.3) is 0 Å². The summed E-state index contributed by atoms with van der Waals surface area (Å²) in [6, 6.07) is 8.99. The zero-order valence-corrected chi connectivity index (χ0v) is 14.5. The van der Waals surface area contributed by atoms with E-state index in [1.54, 1.807) is 0 Å². The molecule has 1 aromatic carbocycles. The summed E-state index contributed by atoms with van der Waals surface area (Å²) in [7, 11) is 0. The lowest BCUT2D eigenvalue weighted by Crippen LogP contribution is -2.25. The monoisotopic (exact) mass is 302 g/mol. The van der Waals surface area contributed by atoms with Gasteiger partial charge in [-0.2, -0.15) is 0 Å². The molecule has 2 nitrogen and oxygen atoms in total. The van der Waals surface area contributed by atoms with Gasteiger partial charge in [0.15, 0.2) is 0 Å². The topological polar surface area (TPSA) is 26.3 Å². The number of benzene rings is 1. The second-order valence-electron chi connectivity index (χ2n) is 7.41. The zero-order valence-electron chi connectivity index (χ0n) is 14.5. The fraction of sp³-hybridized carbons (Fsp3) is 0.650. The molecular weight excluding hydrogens is 272 g/mol. The van der Waals surface area contributed by atoms with Crippen molar-refractivity contribution < 1.29 is 9.53 Å². The van der Waals surface area contributed by atoms with Crippen LogP contribution in [0.3, 0.4) is 0 Å². The molecule has 0 saturated heterocycles. The number of carbonyl (C=O) groups excluding carboxylic acids is 1. The predicted molar refractivity (Wildman–Crippen MR) is 91.1 cm³/mol. The van der Waals surface area contributed by atoms with Gasteiger partial charge in [0.1, 0.15) is 6.61 Å². The van der Waals surface area contributed by atoms with Crippen molar-refractivity contribution >= 4 is 5.97 Å². The first-order chi connectivity index (χ1) is 10.4. The fourth-order valence-corrected chi connectivity index (χ4v) is 3.48. The van der Waals surface area contributed by atoms with Crippen LogP contribution in [0.25, 0.3) is 0 Å². The Balaban J connectivity index is 1.99. The first kappa shape index (κ1) is 17.1. The SMILES string of the molecule is CCC1CCC(c2ccc(C(C)(C)COC(C)=O)cc2)CC1. The molecule has 1 aliphatic rings. The van der Waals surface area contributed by atoms with Gasteiger partial charge in [0.05, 0.1) is 0 Å². The van der Waals surface area contributed by atoms with Crippen LogP contribution in [-0.2, 0) is 14.9 Å². The average molecular weight is 302 g/mol. The third-order valence-electron chi connectivity index (χ3n) is 5.22. The van der Waals surface area contributed by atoms with E-state index in [0.29, 0.717) is 6.61 Å². The molecule has 2 heteroatoms. The quantitative estimate of drug-likeness (QED) is 0.698. The highest BCUT2D eigenvalue weighted by atomic mass is 16.5. The molecule has 22 heavy (non-hydrogen) atoms. The summed E-state index contributed by atoms with van der Waals surface area (Å²) in [5.74, 6) is 1.46. The molecule has 0 bridgehead atoms. The number of hydrogen-bond acceptors (Lipinski definition) is 2. The summed E-state index contributed by atoms with van der Waals surface area (Å²) in [5.41, 5.74) is 2.57. The second-order valence-corrected chi connectivity index (χ2v) is 7.41. The molecule has 0 aliphatic heterocycles. The van der Waals surface area contributed by atoms with Crippen molar-refractivity contribution in [3.63, 3.8) is 0 Å². The van der Waals surface area contributed by atoms with E-state index in [-0.39, 0.29) is 11.4 Å². The van der Waals surface area contributed by atoms with Gasteiger partial charge in [-0.25, -0.2) is 0 Å². The summed E-state index contributed by atoms with van der Waals surface area (Å²) in [6.45, 7) is 8.45. The molecule has 0 heterocycles. The largest absolute Gasteiger partial charge is 0.465 e. The molecule has 0 aromatic heterocycles. The first-order valence-corrected chi connectivity index (χ1v) is 8.66. The molecule has 1 fully saturated rings. The van der Waals surface area contributed by atoms with E-state index in [1.165, 1.54) is 50.2 Å². The normalized spacial score (nSPS) is 22.4. The van der Waals surface area contributed by atoms with Crippen LogP contribution in [0.15, 0.2) is 24.3 Å². The highest BCUT2D eigenvalue weighted by molar-refractivity contribution is 5.66. The van der Waals surface area contributed by atoms with Crippen molar-refractivity contribution in [2.75, 3.05) is 6.61 Å². The van der Waals surface area contributed by atoms with Crippen LogP contribution >= 0.6 is 0 Å². The Morgan fingerprint density at radius 3 is 2.23 bits per heavy atom. The van der Waals surface area contributed by atoms with Crippen LogP contribution in [0.5, 0.6) is 0 Å². The molecule has 0 amide bonds. The van der Waals surface area contributed by atoms with Crippen LogP contribution in [0.2, 0.25) is 0 Å². The smallest absolute Gasteiger partial charge is 0.302 e. The molecule has 0 spiro atoms. The first-order valence-electron chi connectivity index (χ1n) is 8.66. The Labute approximate surface area is 135 Å². The van der Waals surface area contributed by atoms with Crippen LogP contribution < -0.4 is 0 Å². The summed E-state index contributed by atoms with van der Waals surface area (Å²) in [6.07, 6.45) is 6.74. The Hall–Kier alpha value is -1.31. The summed E-state index contributed by atoms with van der Waals surface area (Å²) in [4.78, 5) is 11.0. The average Bonchev–Trinajstić information content (AvgIpc) is 2.53. The fourth-order valence-electron chi connectivity index (χ4n) is 3.48. The molecule has 0 unspecified atom stereocenters. The number of carbonyl (C=O) groups is 1. The maximum atomic E-state index is 11.0. The number of rotatable bonds is 5. The van der Waals surface area contributed by atoms with E-state index in [4.69, 9.17) is 4.74 Å². The highest BCUT2D eigenvalue weighted by Crippen LogP contribution is 2.37. The van der Waals surface area contributed by atoms with Gasteiger partial charge in [-0.15, -0.1) is 0 Å². The number of hydrogen-bond donors (Lipinski definition) is 0. The molecular formula is C20H30O2. The van der Waals surface area contributed by atoms with Gasteiger partial charge in [-0.3, -0.25) is 4.79 Å². The van der Waals surface area contributed by atoms with Gasteiger partial charge in [0, 0.05) is 12.3 Å². The van der Waals surface area contributed by atoms with Crippen LogP contribution in [0, 0.1) is 5.92 Å². The minimum Gasteiger partial charge on any atom is -0.465 e. The van der Waals surface area contributed by atoms with E-state index >= 15 is 0 Å². The van der Waals surface area contributed by atoms with E-state index in [9.17, 15) is 4.79 Å². The van der Waals surface area contributed by atoms with Crippen molar-refractivity contribution in [2.24, 2.45) is 5.92 Å². The minimum absolute atomic E-state index is 0.135. The molecule has 2 rings (SSSR count). The van der Waals surface area contributed by atoms with Crippen molar-refractivity contribution in [3.05, 3.63) is 35.4 Å².